The lowest BCUT2D eigenvalue weighted by molar-refractivity contribution is -0.146. The fourth-order valence-electron chi connectivity index (χ4n) is 3.98. The number of likely N-dealkylation sites (tertiary alicyclic amines) is 1. The summed E-state index contributed by atoms with van der Waals surface area (Å²) >= 11 is 6.03. The highest BCUT2D eigenvalue weighted by Gasteiger charge is 2.37. The molecule has 1 aromatic carbocycles. The van der Waals surface area contributed by atoms with Crippen LogP contribution in [0.1, 0.15) is 18.4 Å². The van der Waals surface area contributed by atoms with Gasteiger partial charge in [0.25, 0.3) is 5.91 Å². The van der Waals surface area contributed by atoms with Crippen molar-refractivity contribution in [2.45, 2.75) is 25.4 Å². The molecule has 2 amide bonds. The number of piperidine rings is 1. The van der Waals surface area contributed by atoms with Gasteiger partial charge in [-0.15, -0.1) is 0 Å². The molecule has 6 nitrogen and oxygen atoms in total. The van der Waals surface area contributed by atoms with Crippen LogP contribution in [-0.2, 0) is 20.7 Å². The zero-order chi connectivity index (χ0) is 18.1. The van der Waals surface area contributed by atoms with E-state index in [2.05, 4.69) is 0 Å². The van der Waals surface area contributed by atoms with Gasteiger partial charge in [-0.05, 0) is 36.6 Å². The van der Waals surface area contributed by atoms with Crippen LogP contribution in [0, 0.1) is 5.92 Å². The molecule has 0 spiro atoms. The van der Waals surface area contributed by atoms with E-state index >= 15 is 0 Å². The molecule has 3 heterocycles. The van der Waals surface area contributed by atoms with Gasteiger partial charge in [0.1, 0.15) is 5.75 Å². The first-order chi connectivity index (χ1) is 12.6. The Kier molecular flexibility index (Phi) is 5.05. The van der Waals surface area contributed by atoms with Crippen LogP contribution in [0.2, 0.25) is 5.02 Å². The SMILES string of the molecule is O=C(C1CCCN(C(=O)C2Cc3cc(Cl)ccc3O2)C1)N1CCOCC1. The van der Waals surface area contributed by atoms with Gasteiger partial charge in [-0.2, -0.15) is 0 Å². The van der Waals surface area contributed by atoms with Crippen LogP contribution in [0.25, 0.3) is 0 Å². The Labute approximate surface area is 158 Å². The van der Waals surface area contributed by atoms with E-state index in [4.69, 9.17) is 21.1 Å². The average Bonchev–Trinajstić information content (AvgIpc) is 3.10. The van der Waals surface area contributed by atoms with Crippen molar-refractivity contribution in [2.75, 3.05) is 39.4 Å². The smallest absolute Gasteiger partial charge is 0.264 e. The summed E-state index contributed by atoms with van der Waals surface area (Å²) in [6.07, 6.45) is 1.70. The molecule has 140 valence electrons. The van der Waals surface area contributed by atoms with E-state index in [1.165, 1.54) is 0 Å². The zero-order valence-corrected chi connectivity index (χ0v) is 15.4. The minimum Gasteiger partial charge on any atom is -0.480 e. The normalized spacial score (nSPS) is 25.6. The third kappa shape index (κ3) is 3.53. The summed E-state index contributed by atoms with van der Waals surface area (Å²) in [6, 6.07) is 5.43. The Hall–Kier alpha value is -1.79. The van der Waals surface area contributed by atoms with Crippen molar-refractivity contribution in [3.63, 3.8) is 0 Å². The summed E-state index contributed by atoms with van der Waals surface area (Å²) in [6.45, 7) is 3.64. The molecule has 0 aliphatic carbocycles. The van der Waals surface area contributed by atoms with Gasteiger partial charge in [0, 0.05) is 37.6 Å². The number of ether oxygens (including phenoxy) is 2. The van der Waals surface area contributed by atoms with Crippen LogP contribution < -0.4 is 4.74 Å². The lowest BCUT2D eigenvalue weighted by atomic mass is 9.95. The van der Waals surface area contributed by atoms with Gasteiger partial charge < -0.3 is 19.3 Å². The number of hydrogen-bond donors (Lipinski definition) is 0. The highest BCUT2D eigenvalue weighted by atomic mass is 35.5. The second-order valence-electron chi connectivity index (χ2n) is 7.12. The monoisotopic (exact) mass is 378 g/mol. The number of hydrogen-bond acceptors (Lipinski definition) is 4. The Balaban J connectivity index is 1.38. The van der Waals surface area contributed by atoms with Crippen molar-refractivity contribution in [3.8, 4) is 5.75 Å². The van der Waals surface area contributed by atoms with E-state index in [0.717, 1.165) is 24.2 Å². The van der Waals surface area contributed by atoms with Gasteiger partial charge >= 0.3 is 0 Å². The molecule has 1 aromatic rings. The number of morpholine rings is 1. The molecule has 3 aliphatic rings. The molecule has 0 radical (unpaired) electrons. The Morgan fingerprint density at radius 2 is 1.88 bits per heavy atom. The van der Waals surface area contributed by atoms with Gasteiger partial charge in [0.15, 0.2) is 6.10 Å². The average molecular weight is 379 g/mol. The van der Waals surface area contributed by atoms with E-state index in [9.17, 15) is 9.59 Å². The van der Waals surface area contributed by atoms with E-state index in [1.807, 2.05) is 17.0 Å². The minimum absolute atomic E-state index is 0.0307. The molecule has 2 atom stereocenters. The molecular formula is C19H23ClN2O4. The van der Waals surface area contributed by atoms with Gasteiger partial charge in [-0.3, -0.25) is 9.59 Å². The molecule has 3 aliphatic heterocycles. The minimum atomic E-state index is -0.513. The molecule has 4 rings (SSSR count). The van der Waals surface area contributed by atoms with Crippen molar-refractivity contribution in [3.05, 3.63) is 28.8 Å². The van der Waals surface area contributed by atoms with Crippen molar-refractivity contribution in [1.82, 2.24) is 9.80 Å². The van der Waals surface area contributed by atoms with Crippen molar-refractivity contribution in [2.24, 2.45) is 5.92 Å². The first-order valence-corrected chi connectivity index (χ1v) is 9.60. The Morgan fingerprint density at radius 1 is 1.08 bits per heavy atom. The van der Waals surface area contributed by atoms with E-state index in [0.29, 0.717) is 50.8 Å². The highest BCUT2D eigenvalue weighted by Crippen LogP contribution is 2.32. The number of nitrogens with zero attached hydrogens (tertiary/aromatic N) is 2. The number of carbonyl (C=O) groups is 2. The first-order valence-electron chi connectivity index (χ1n) is 9.22. The summed E-state index contributed by atoms with van der Waals surface area (Å²) < 4.78 is 11.1. The standard InChI is InChI=1S/C19H23ClN2O4/c20-15-3-4-16-14(10-15)11-17(26-16)19(24)22-5-1-2-13(12-22)18(23)21-6-8-25-9-7-21/h3-4,10,13,17H,1-2,5-9,11-12H2. The van der Waals surface area contributed by atoms with Gasteiger partial charge in [0.2, 0.25) is 5.91 Å². The Bertz CT molecular complexity index is 705. The van der Waals surface area contributed by atoms with Crippen molar-refractivity contribution in [1.29, 1.82) is 0 Å². The Morgan fingerprint density at radius 3 is 2.69 bits per heavy atom. The van der Waals surface area contributed by atoms with Crippen LogP contribution in [0.15, 0.2) is 18.2 Å². The third-order valence-corrected chi connectivity index (χ3v) is 5.61. The lowest BCUT2D eigenvalue weighted by Gasteiger charge is -2.36. The molecule has 2 saturated heterocycles. The zero-order valence-electron chi connectivity index (χ0n) is 14.7. The highest BCUT2D eigenvalue weighted by molar-refractivity contribution is 6.30. The summed E-state index contributed by atoms with van der Waals surface area (Å²) in [5, 5.41) is 0.648. The molecule has 0 N–H and O–H groups in total. The molecule has 26 heavy (non-hydrogen) atoms. The lowest BCUT2D eigenvalue weighted by Crippen LogP contribution is -2.51. The summed E-state index contributed by atoms with van der Waals surface area (Å²) in [5.41, 5.74) is 0.966. The second kappa shape index (κ2) is 7.45. The van der Waals surface area contributed by atoms with Crippen LogP contribution in [0.5, 0.6) is 5.75 Å². The number of halogens is 1. The van der Waals surface area contributed by atoms with Crippen molar-refractivity contribution < 1.29 is 19.1 Å². The second-order valence-corrected chi connectivity index (χ2v) is 7.56. The van der Waals surface area contributed by atoms with Crippen LogP contribution in [-0.4, -0.2) is 67.1 Å². The molecule has 0 saturated carbocycles. The van der Waals surface area contributed by atoms with Crippen LogP contribution >= 0.6 is 11.6 Å². The number of benzene rings is 1. The first kappa shape index (κ1) is 17.6. The largest absolute Gasteiger partial charge is 0.480 e. The molecule has 7 heteroatoms. The number of amides is 2. The van der Waals surface area contributed by atoms with Crippen LogP contribution in [0.4, 0.5) is 0 Å². The predicted octanol–water partition coefficient (Wildman–Crippen LogP) is 1.74. The fraction of sp³-hybridized carbons (Fsp3) is 0.579. The quantitative estimate of drug-likeness (QED) is 0.786. The topological polar surface area (TPSA) is 59.1 Å². The number of fused-ring (bicyclic) bond motifs is 1. The van der Waals surface area contributed by atoms with Crippen molar-refractivity contribution >= 4 is 23.4 Å². The summed E-state index contributed by atoms with van der Waals surface area (Å²) in [5.74, 6) is 0.722. The molecule has 0 bridgehead atoms. The third-order valence-electron chi connectivity index (χ3n) is 5.38. The summed E-state index contributed by atoms with van der Waals surface area (Å²) in [7, 11) is 0. The van der Waals surface area contributed by atoms with Crippen LogP contribution in [0.3, 0.4) is 0 Å². The summed E-state index contributed by atoms with van der Waals surface area (Å²) in [4.78, 5) is 29.3. The van der Waals surface area contributed by atoms with Gasteiger partial charge in [-0.25, -0.2) is 0 Å². The molecule has 2 unspecified atom stereocenters. The van der Waals surface area contributed by atoms with E-state index in [1.54, 1.807) is 11.0 Å². The maximum Gasteiger partial charge on any atom is 0.264 e. The van der Waals surface area contributed by atoms with Gasteiger partial charge in [0.05, 0.1) is 19.1 Å². The molecule has 2 fully saturated rings. The molecular weight excluding hydrogens is 356 g/mol. The maximum absolute atomic E-state index is 12.9. The van der Waals surface area contributed by atoms with E-state index in [-0.39, 0.29) is 17.7 Å². The molecule has 0 aromatic heterocycles. The van der Waals surface area contributed by atoms with Gasteiger partial charge in [-0.1, -0.05) is 11.6 Å². The number of rotatable bonds is 2. The maximum atomic E-state index is 12.9. The van der Waals surface area contributed by atoms with E-state index < -0.39 is 6.10 Å². The fourth-order valence-corrected chi connectivity index (χ4v) is 4.17. The predicted molar refractivity (Wildman–Crippen MR) is 96.3 cm³/mol. The number of carbonyl (C=O) groups excluding carboxylic acids is 2.